The normalized spacial score (nSPS) is 13.8. The Kier molecular flexibility index (Phi) is 21.6. The molecule has 286 valence electrons. The molecule has 0 fully saturated rings. The fraction of sp³-hybridized carbons (Fsp3) is 0.857. The van der Waals surface area contributed by atoms with E-state index in [-0.39, 0.29) is 5.30 Å². The van der Waals surface area contributed by atoms with Crippen LogP contribution in [0.1, 0.15) is 12.8 Å². The van der Waals surface area contributed by atoms with Gasteiger partial charge in [0, 0.05) is 24.4 Å². The van der Waals surface area contributed by atoms with Gasteiger partial charge in [-0.1, -0.05) is 6.58 Å². The molecule has 20 heteroatoms. The van der Waals surface area contributed by atoms with Crippen LogP contribution in [0.3, 0.4) is 0 Å². The molecule has 0 bridgehead atoms. The molecule has 0 heterocycles. The predicted molar refractivity (Wildman–Crippen MR) is 222 cm³/mol. The summed E-state index contributed by atoms with van der Waals surface area (Å²) >= 11 is 1.15. The fourth-order valence-electron chi connectivity index (χ4n) is 4.28. The summed E-state index contributed by atoms with van der Waals surface area (Å²) < 4.78 is 44.1. The zero-order valence-electron chi connectivity index (χ0n) is 33.6. The van der Waals surface area contributed by atoms with E-state index >= 15 is 0 Å². The molecule has 48 heavy (non-hydrogen) atoms. The lowest BCUT2D eigenvalue weighted by molar-refractivity contribution is 0.193. The maximum absolute atomic E-state index is 11.5. The number of hydrogen-bond acceptors (Lipinski definition) is 10. The van der Waals surface area contributed by atoms with Crippen molar-refractivity contribution >= 4 is 90.7 Å². The van der Waals surface area contributed by atoms with Crippen molar-refractivity contribution in [1.29, 1.82) is 0 Å². The van der Waals surface area contributed by atoms with Crippen molar-refractivity contribution in [2.45, 2.75) is 143 Å². The molecule has 0 saturated carbocycles. The molecule has 0 aliphatic rings. The molecule has 2 N–H and O–H groups in total. The van der Waals surface area contributed by atoms with Crippen LogP contribution in [0.5, 0.6) is 0 Å². The summed E-state index contributed by atoms with van der Waals surface area (Å²) in [5.74, 6) is 0.653. The van der Waals surface area contributed by atoms with E-state index in [2.05, 4.69) is 130 Å². The van der Waals surface area contributed by atoms with Crippen LogP contribution in [0.25, 0.3) is 0 Å². The molecule has 0 aliphatic carbocycles. The van der Waals surface area contributed by atoms with E-state index in [1.54, 1.807) is 0 Å². The van der Waals surface area contributed by atoms with Gasteiger partial charge in [-0.25, -0.2) is 9.59 Å². The van der Waals surface area contributed by atoms with Crippen LogP contribution in [-0.4, -0.2) is 96.3 Å². The van der Waals surface area contributed by atoms with Crippen molar-refractivity contribution in [3.8, 4) is 0 Å². The number of rotatable bonds is 21. The summed E-state index contributed by atoms with van der Waals surface area (Å²) in [5, 5.41) is 10.8. The fourth-order valence-corrected chi connectivity index (χ4v) is 34.4. The third kappa shape index (κ3) is 31.1. The Hall–Kier alpha value is 0.325. The number of carbonyl (C=O) groups excluding carboxylic acids is 1. The molecule has 0 aliphatic heterocycles. The van der Waals surface area contributed by atoms with Crippen molar-refractivity contribution in [3.05, 3.63) is 12.8 Å². The molecule has 0 unspecified atom stereocenters. The van der Waals surface area contributed by atoms with Crippen LogP contribution in [-0.2, 0) is 29.4 Å². The van der Waals surface area contributed by atoms with Crippen LogP contribution in [0.2, 0.25) is 130 Å². The van der Waals surface area contributed by atoms with Gasteiger partial charge in [-0.2, -0.15) is 0 Å². The molecule has 0 saturated heterocycles. The lowest BCUT2D eigenvalue weighted by atomic mass is 10.5. The van der Waals surface area contributed by atoms with E-state index < -0.39 is 73.6 Å². The number of hydrogen-bond donors (Lipinski definition) is 2. The van der Waals surface area contributed by atoms with E-state index in [9.17, 15) is 9.59 Å². The predicted octanol–water partition coefficient (Wildman–Crippen LogP) is 10.0. The number of ether oxygens (including phenoxy) is 1. The van der Waals surface area contributed by atoms with Crippen molar-refractivity contribution in [2.24, 2.45) is 0 Å². The van der Waals surface area contributed by atoms with Gasteiger partial charge in [-0.3, -0.25) is 0 Å². The van der Waals surface area contributed by atoms with Crippen molar-refractivity contribution in [3.63, 3.8) is 0 Å². The van der Waals surface area contributed by atoms with E-state index in [1.165, 1.54) is 0 Å². The summed E-state index contributed by atoms with van der Waals surface area (Å²) in [7, 11) is -16.7. The molecule has 0 spiro atoms. The van der Waals surface area contributed by atoms with Gasteiger partial charge >= 0.3 is 29.0 Å². The molecular formula is C28H71NO10SSi8. The average Bonchev–Trinajstić information content (AvgIpc) is 2.73. The van der Waals surface area contributed by atoms with Crippen LogP contribution in [0.4, 0.5) is 9.59 Å². The summed E-state index contributed by atoms with van der Waals surface area (Å²) in [6.45, 7) is 42.6. The summed E-state index contributed by atoms with van der Waals surface area (Å²) in [6.07, 6.45) is 1.62. The van der Waals surface area contributed by atoms with Crippen molar-refractivity contribution < 1.29 is 44.1 Å². The topological polar surface area (TPSA) is 131 Å². The Morgan fingerprint density at radius 2 is 0.875 bits per heavy atom. The highest BCUT2D eigenvalue weighted by Gasteiger charge is 2.50. The second-order valence-corrected chi connectivity index (χ2v) is 52.5. The molecule has 0 rings (SSSR count). The third-order valence-electron chi connectivity index (χ3n) is 4.73. The van der Waals surface area contributed by atoms with Crippen molar-refractivity contribution in [2.75, 3.05) is 12.3 Å². The Balaban J connectivity index is 0. The Morgan fingerprint density at radius 1 is 0.583 bits per heavy atom. The third-order valence-corrected chi connectivity index (χ3v) is 29.7. The smallest absolute Gasteiger partial charge is 0.465 e. The van der Waals surface area contributed by atoms with Crippen LogP contribution in [0.15, 0.2) is 12.8 Å². The largest absolute Gasteiger partial charge is 0.469 e. The number of nitrogens with one attached hydrogen (secondary N) is 1. The number of carbonyl (C=O) groups is 2. The van der Waals surface area contributed by atoms with Gasteiger partial charge in [0.2, 0.25) is 0 Å². The first-order valence-corrected chi connectivity index (χ1v) is 42.0. The number of amides is 1. The van der Waals surface area contributed by atoms with Gasteiger partial charge in [0.05, 0.1) is 6.26 Å². The summed E-state index contributed by atoms with van der Waals surface area (Å²) in [6, 6.07) is 1.40. The summed E-state index contributed by atoms with van der Waals surface area (Å²) in [5.41, 5.74) is 0. The maximum atomic E-state index is 11.5. The zero-order chi connectivity index (χ0) is 38.5. The monoisotopic (exact) mass is 837 g/mol. The minimum absolute atomic E-state index is 0.328. The molecule has 0 radical (unpaired) electrons. The second-order valence-electron chi connectivity index (χ2n) is 17.5. The summed E-state index contributed by atoms with van der Waals surface area (Å²) in [4.78, 5) is 22.1. The molecule has 1 amide bonds. The quantitative estimate of drug-likeness (QED) is 0.0496. The van der Waals surface area contributed by atoms with Crippen LogP contribution in [0, 0.1) is 0 Å². The Bertz CT molecular complexity index is 904. The lowest BCUT2D eigenvalue weighted by Crippen LogP contribution is -2.60. The highest BCUT2D eigenvalue weighted by atomic mass is 32.2. The number of thioether (sulfide) groups is 1. The minimum Gasteiger partial charge on any atom is -0.465 e. The highest BCUT2D eigenvalue weighted by molar-refractivity contribution is 8.13. The standard InChI is InChI=1S/C15H36O5SSi4.C13H35NO5Si4/c1-11-17-15(16)21-13-12-14-25(18-22(2,3)4,19-23(5,6)7)20-24(8,9)10;1-20(2,3)17-23(18-21(4,5)6,19-22(7,8)9)12-10-11-14-13(15)16/h11H,1,12-14H2,2-10H3;14H,10-12H2,1-9H3,(H,15,16). The van der Waals surface area contributed by atoms with Crippen molar-refractivity contribution in [1.82, 2.24) is 5.32 Å². The molecular weight excluding hydrogens is 767 g/mol. The maximum Gasteiger partial charge on any atom is 0.469 e. The Labute approximate surface area is 306 Å². The average molecular weight is 839 g/mol. The van der Waals surface area contributed by atoms with Crippen LogP contribution < -0.4 is 5.32 Å². The first-order valence-electron chi connectivity index (χ1n) is 16.7. The molecule has 11 nitrogen and oxygen atoms in total. The van der Waals surface area contributed by atoms with Gasteiger partial charge in [0.1, 0.15) is 0 Å². The first kappa shape index (κ1) is 50.4. The molecule has 0 aromatic heterocycles. The number of carboxylic acid groups (broad SMARTS) is 1. The Morgan fingerprint density at radius 3 is 1.12 bits per heavy atom. The van der Waals surface area contributed by atoms with Gasteiger partial charge in [0.15, 0.2) is 49.9 Å². The highest BCUT2D eigenvalue weighted by Crippen LogP contribution is 2.31. The van der Waals surface area contributed by atoms with Gasteiger partial charge in [-0.05, 0) is 142 Å². The van der Waals surface area contributed by atoms with Gasteiger partial charge in [0.25, 0.3) is 0 Å². The molecule has 0 atom stereocenters. The first-order chi connectivity index (χ1) is 21.1. The van der Waals surface area contributed by atoms with E-state index in [1.807, 2.05) is 0 Å². The molecule has 0 aromatic carbocycles. The minimum atomic E-state index is -2.82. The second kappa shape index (κ2) is 20.5. The van der Waals surface area contributed by atoms with Gasteiger partial charge in [-0.15, -0.1) is 0 Å². The van der Waals surface area contributed by atoms with Gasteiger partial charge < -0.3 is 39.9 Å². The lowest BCUT2D eigenvalue weighted by Gasteiger charge is -2.43. The van der Waals surface area contributed by atoms with E-state index in [0.29, 0.717) is 24.8 Å². The SMILES string of the molecule is C=COC(=O)SCCC[Si](O[Si](C)(C)C)(O[Si](C)(C)C)O[Si](C)(C)C.C[Si](C)(C)O[Si](CCCNC(=O)O)(O[Si](C)(C)C)O[Si](C)(C)C. The van der Waals surface area contributed by atoms with E-state index in [4.69, 9.17) is 34.5 Å². The molecule has 0 aromatic rings. The van der Waals surface area contributed by atoms with E-state index in [0.717, 1.165) is 30.5 Å². The van der Waals surface area contributed by atoms with Crippen LogP contribution >= 0.6 is 11.8 Å². The zero-order valence-corrected chi connectivity index (χ0v) is 42.4.